The molecule has 0 saturated heterocycles. The molecular formula is C10H16F6O. The molecule has 0 bridgehead atoms. The molecule has 0 heterocycles. The number of hydrogen-bond acceptors (Lipinski definition) is 1. The van der Waals surface area contributed by atoms with Crippen molar-refractivity contribution >= 4 is 0 Å². The zero-order chi connectivity index (χ0) is 14.1. The van der Waals surface area contributed by atoms with Crippen molar-refractivity contribution in [2.45, 2.75) is 58.7 Å². The maximum absolute atomic E-state index is 12.2. The van der Waals surface area contributed by atoms with Gasteiger partial charge in [0, 0.05) is 0 Å². The lowest BCUT2D eigenvalue weighted by Gasteiger charge is -2.34. The molecular weight excluding hydrogens is 250 g/mol. The standard InChI is InChI=1S/C10H16F6O/c1-5-8(3,4)6(2)17-7(9(11,12)13)10(14,15)16/h6-7H,5H2,1-4H3. The van der Waals surface area contributed by atoms with E-state index in [1.165, 1.54) is 6.92 Å². The third kappa shape index (κ3) is 4.73. The van der Waals surface area contributed by atoms with Crippen LogP contribution in [0.5, 0.6) is 0 Å². The highest BCUT2D eigenvalue weighted by molar-refractivity contribution is 4.81. The van der Waals surface area contributed by atoms with E-state index in [1.54, 1.807) is 20.8 Å². The molecule has 0 aliphatic rings. The maximum atomic E-state index is 12.2. The van der Waals surface area contributed by atoms with E-state index in [2.05, 4.69) is 4.74 Å². The van der Waals surface area contributed by atoms with Gasteiger partial charge in [0.2, 0.25) is 6.10 Å². The molecule has 0 radical (unpaired) electrons. The van der Waals surface area contributed by atoms with Crippen LogP contribution in [0.15, 0.2) is 0 Å². The van der Waals surface area contributed by atoms with Gasteiger partial charge in [-0.05, 0) is 18.8 Å². The summed E-state index contributed by atoms with van der Waals surface area (Å²) in [7, 11) is 0. The molecule has 0 saturated carbocycles. The second-order valence-electron chi connectivity index (χ2n) is 4.58. The summed E-state index contributed by atoms with van der Waals surface area (Å²) >= 11 is 0. The van der Waals surface area contributed by atoms with Gasteiger partial charge >= 0.3 is 12.4 Å². The first kappa shape index (κ1) is 16.5. The van der Waals surface area contributed by atoms with Gasteiger partial charge < -0.3 is 4.74 Å². The van der Waals surface area contributed by atoms with E-state index in [1.807, 2.05) is 0 Å². The average Bonchev–Trinajstić information content (AvgIpc) is 2.09. The molecule has 17 heavy (non-hydrogen) atoms. The zero-order valence-electron chi connectivity index (χ0n) is 10.0. The van der Waals surface area contributed by atoms with Gasteiger partial charge in [0.25, 0.3) is 0 Å². The van der Waals surface area contributed by atoms with Crippen molar-refractivity contribution in [3.63, 3.8) is 0 Å². The molecule has 0 aromatic carbocycles. The molecule has 1 atom stereocenters. The van der Waals surface area contributed by atoms with Crippen molar-refractivity contribution in [1.29, 1.82) is 0 Å². The number of ether oxygens (including phenoxy) is 1. The Balaban J connectivity index is 4.92. The highest BCUT2D eigenvalue weighted by Crippen LogP contribution is 2.39. The van der Waals surface area contributed by atoms with Gasteiger partial charge in [0.05, 0.1) is 6.10 Å². The van der Waals surface area contributed by atoms with E-state index in [-0.39, 0.29) is 0 Å². The van der Waals surface area contributed by atoms with Gasteiger partial charge in [-0.25, -0.2) is 0 Å². The van der Waals surface area contributed by atoms with Crippen LogP contribution in [0, 0.1) is 5.41 Å². The van der Waals surface area contributed by atoms with Crippen LogP contribution in [0.25, 0.3) is 0 Å². The Morgan fingerprint density at radius 1 is 0.941 bits per heavy atom. The minimum Gasteiger partial charge on any atom is -0.357 e. The molecule has 0 aromatic heterocycles. The first-order chi connectivity index (χ1) is 7.32. The van der Waals surface area contributed by atoms with Crippen LogP contribution in [0.1, 0.15) is 34.1 Å². The van der Waals surface area contributed by atoms with E-state index in [9.17, 15) is 26.3 Å². The molecule has 7 heteroatoms. The monoisotopic (exact) mass is 266 g/mol. The van der Waals surface area contributed by atoms with Crippen molar-refractivity contribution in [2.24, 2.45) is 5.41 Å². The second-order valence-corrected chi connectivity index (χ2v) is 4.58. The molecule has 104 valence electrons. The van der Waals surface area contributed by atoms with Crippen LogP contribution in [-0.2, 0) is 4.74 Å². The van der Waals surface area contributed by atoms with Gasteiger partial charge in [0.15, 0.2) is 0 Å². The Bertz CT molecular complexity index is 228. The fourth-order valence-electron chi connectivity index (χ4n) is 1.02. The van der Waals surface area contributed by atoms with Crippen LogP contribution in [0.3, 0.4) is 0 Å². The Morgan fingerprint density at radius 3 is 1.53 bits per heavy atom. The Labute approximate surface area is 96.1 Å². The van der Waals surface area contributed by atoms with Crippen LogP contribution in [0.4, 0.5) is 26.3 Å². The first-order valence-corrected chi connectivity index (χ1v) is 5.11. The van der Waals surface area contributed by atoms with E-state index in [0.717, 1.165) is 0 Å². The normalized spacial score (nSPS) is 16.4. The van der Waals surface area contributed by atoms with Crippen LogP contribution < -0.4 is 0 Å². The van der Waals surface area contributed by atoms with Crippen molar-refractivity contribution in [2.75, 3.05) is 0 Å². The topological polar surface area (TPSA) is 9.23 Å². The van der Waals surface area contributed by atoms with E-state index < -0.39 is 30.0 Å². The zero-order valence-corrected chi connectivity index (χ0v) is 10.0. The fourth-order valence-corrected chi connectivity index (χ4v) is 1.02. The molecule has 0 aromatic rings. The molecule has 0 aliphatic heterocycles. The van der Waals surface area contributed by atoms with Gasteiger partial charge in [-0.1, -0.05) is 20.8 Å². The molecule has 0 spiro atoms. The summed E-state index contributed by atoms with van der Waals surface area (Å²) in [5.74, 6) is 0. The van der Waals surface area contributed by atoms with Crippen LogP contribution in [0.2, 0.25) is 0 Å². The Morgan fingerprint density at radius 2 is 1.29 bits per heavy atom. The summed E-state index contributed by atoms with van der Waals surface area (Å²) < 4.78 is 77.5. The lowest BCUT2D eigenvalue weighted by Crippen LogP contribution is -2.48. The Kier molecular flexibility index (Phi) is 4.90. The molecule has 0 amide bonds. The highest BCUT2D eigenvalue weighted by Gasteiger charge is 2.59. The predicted octanol–water partition coefficient (Wildman–Crippen LogP) is 4.32. The largest absolute Gasteiger partial charge is 0.423 e. The summed E-state index contributed by atoms with van der Waals surface area (Å²) in [6.07, 6.45) is -15.4. The maximum Gasteiger partial charge on any atom is 0.423 e. The molecule has 0 N–H and O–H groups in total. The van der Waals surface area contributed by atoms with Crippen molar-refractivity contribution in [1.82, 2.24) is 0 Å². The van der Waals surface area contributed by atoms with Gasteiger partial charge in [-0.3, -0.25) is 0 Å². The summed E-state index contributed by atoms with van der Waals surface area (Å²) in [4.78, 5) is 0. The minimum atomic E-state index is -5.45. The minimum absolute atomic E-state index is 0.413. The van der Waals surface area contributed by atoms with Gasteiger partial charge in [0.1, 0.15) is 0 Å². The summed E-state index contributed by atoms with van der Waals surface area (Å²) in [5.41, 5.74) is -0.755. The highest BCUT2D eigenvalue weighted by atomic mass is 19.4. The smallest absolute Gasteiger partial charge is 0.357 e. The quantitative estimate of drug-likeness (QED) is 0.688. The third-order valence-corrected chi connectivity index (χ3v) is 2.95. The molecule has 0 aliphatic carbocycles. The van der Waals surface area contributed by atoms with Crippen molar-refractivity contribution in [3.05, 3.63) is 0 Å². The molecule has 0 fully saturated rings. The molecule has 1 nitrogen and oxygen atoms in total. The number of rotatable bonds is 4. The second kappa shape index (κ2) is 5.04. The van der Waals surface area contributed by atoms with Crippen molar-refractivity contribution in [3.8, 4) is 0 Å². The number of alkyl halides is 6. The van der Waals surface area contributed by atoms with Crippen LogP contribution in [-0.4, -0.2) is 24.6 Å². The lowest BCUT2D eigenvalue weighted by molar-refractivity contribution is -0.335. The van der Waals surface area contributed by atoms with Gasteiger partial charge in [-0.15, -0.1) is 0 Å². The lowest BCUT2D eigenvalue weighted by atomic mass is 9.84. The summed E-state index contributed by atoms with van der Waals surface area (Å²) in [6, 6.07) is 0. The van der Waals surface area contributed by atoms with E-state index in [0.29, 0.717) is 6.42 Å². The number of halogens is 6. The SMILES string of the molecule is CCC(C)(C)C(C)OC(C(F)(F)F)C(F)(F)F. The molecule has 1 unspecified atom stereocenters. The average molecular weight is 266 g/mol. The first-order valence-electron chi connectivity index (χ1n) is 5.11. The number of hydrogen-bond donors (Lipinski definition) is 0. The predicted molar refractivity (Wildman–Crippen MR) is 50.5 cm³/mol. The van der Waals surface area contributed by atoms with Crippen LogP contribution >= 0.6 is 0 Å². The van der Waals surface area contributed by atoms with E-state index >= 15 is 0 Å². The van der Waals surface area contributed by atoms with E-state index in [4.69, 9.17) is 0 Å². The fraction of sp³-hybridized carbons (Fsp3) is 1.00. The molecule has 0 rings (SSSR count). The summed E-state index contributed by atoms with van der Waals surface area (Å²) in [5, 5.41) is 0. The van der Waals surface area contributed by atoms with Crippen molar-refractivity contribution < 1.29 is 31.1 Å². The third-order valence-electron chi connectivity index (χ3n) is 2.95. The summed E-state index contributed by atoms with van der Waals surface area (Å²) in [6.45, 7) is 6.01. The Hall–Kier alpha value is -0.460. The van der Waals surface area contributed by atoms with Gasteiger partial charge in [-0.2, -0.15) is 26.3 Å².